The van der Waals surface area contributed by atoms with Crippen LogP contribution in [0, 0.1) is 0 Å². The molecule has 10 heteroatoms. The maximum absolute atomic E-state index is 5.73. The molecule has 31 heavy (non-hydrogen) atoms. The summed E-state index contributed by atoms with van der Waals surface area (Å²) in [5, 5.41) is 15.3. The molecule has 0 spiro atoms. The van der Waals surface area contributed by atoms with Gasteiger partial charge in [0.2, 0.25) is 0 Å². The van der Waals surface area contributed by atoms with Gasteiger partial charge in [-0.1, -0.05) is 6.42 Å². The number of fused-ring (bicyclic) bond motifs is 1. The Kier molecular flexibility index (Phi) is 6.98. The monoisotopic (exact) mass is 425 g/mol. The lowest BCUT2D eigenvalue weighted by Crippen LogP contribution is -2.45. The summed E-state index contributed by atoms with van der Waals surface area (Å²) in [4.78, 5) is 15.5. The third kappa shape index (κ3) is 5.13. The van der Waals surface area contributed by atoms with E-state index < -0.39 is 0 Å². The first-order valence-corrected chi connectivity index (χ1v) is 10.8. The van der Waals surface area contributed by atoms with E-state index in [-0.39, 0.29) is 6.04 Å². The Morgan fingerprint density at radius 2 is 2.06 bits per heavy atom. The molecule has 1 atom stereocenters. The Labute approximate surface area is 182 Å². The predicted molar refractivity (Wildman–Crippen MR) is 121 cm³/mol. The summed E-state index contributed by atoms with van der Waals surface area (Å²) in [5.74, 6) is 2.55. The molecule has 0 amide bonds. The van der Waals surface area contributed by atoms with E-state index in [2.05, 4.69) is 47.0 Å². The number of rotatable bonds is 8. The topological polar surface area (TPSA) is 108 Å². The zero-order chi connectivity index (χ0) is 21.5. The fourth-order valence-corrected chi connectivity index (χ4v) is 4.00. The van der Waals surface area contributed by atoms with Gasteiger partial charge in [0.15, 0.2) is 11.6 Å². The summed E-state index contributed by atoms with van der Waals surface area (Å²) >= 11 is 0. The van der Waals surface area contributed by atoms with Gasteiger partial charge in [-0.15, -0.1) is 0 Å². The number of piperidine rings is 1. The quantitative estimate of drug-likeness (QED) is 0.285. The van der Waals surface area contributed by atoms with E-state index >= 15 is 0 Å². The van der Waals surface area contributed by atoms with Gasteiger partial charge in [-0.25, -0.2) is 9.97 Å². The van der Waals surface area contributed by atoms with Crippen LogP contribution in [0.4, 0.5) is 5.82 Å². The minimum atomic E-state index is 0.201. The molecule has 3 aromatic rings. The number of furan rings is 1. The average molecular weight is 426 g/mol. The lowest BCUT2D eigenvalue weighted by molar-refractivity contribution is 0.146. The van der Waals surface area contributed by atoms with Gasteiger partial charge >= 0.3 is 0 Å². The second-order valence-electron chi connectivity index (χ2n) is 7.66. The molecule has 1 unspecified atom stereocenters. The summed E-state index contributed by atoms with van der Waals surface area (Å²) < 4.78 is 7.47. The molecule has 0 radical (unpaired) electrons. The van der Waals surface area contributed by atoms with Crippen molar-refractivity contribution < 1.29 is 4.42 Å². The highest BCUT2D eigenvalue weighted by Gasteiger charge is 2.24. The molecule has 10 nitrogen and oxygen atoms in total. The van der Waals surface area contributed by atoms with E-state index in [0.29, 0.717) is 13.1 Å². The van der Waals surface area contributed by atoms with Crippen molar-refractivity contribution in [2.75, 3.05) is 45.1 Å². The smallest absolute Gasteiger partial charge is 0.191 e. The van der Waals surface area contributed by atoms with Crippen molar-refractivity contribution >= 4 is 22.8 Å². The predicted octanol–water partition coefficient (Wildman–Crippen LogP) is 1.76. The third-order valence-electron chi connectivity index (χ3n) is 5.63. The van der Waals surface area contributed by atoms with Crippen LogP contribution in [0.2, 0.25) is 0 Å². The molecule has 3 N–H and O–H groups in total. The van der Waals surface area contributed by atoms with E-state index in [9.17, 15) is 0 Å². The van der Waals surface area contributed by atoms with Crippen molar-refractivity contribution in [1.29, 1.82) is 0 Å². The highest BCUT2D eigenvalue weighted by molar-refractivity contribution is 5.86. The van der Waals surface area contributed by atoms with Crippen LogP contribution in [0.5, 0.6) is 0 Å². The Morgan fingerprint density at radius 3 is 2.84 bits per heavy atom. The Morgan fingerprint density at radius 1 is 1.19 bits per heavy atom. The fraction of sp³-hybridized carbons (Fsp3) is 0.524. The zero-order valence-electron chi connectivity index (χ0n) is 18.2. The summed E-state index contributed by atoms with van der Waals surface area (Å²) in [6.45, 7) is 4.33. The number of likely N-dealkylation sites (tertiary alicyclic amines) is 1. The zero-order valence-corrected chi connectivity index (χ0v) is 18.2. The van der Waals surface area contributed by atoms with Gasteiger partial charge in [0.25, 0.3) is 0 Å². The molecule has 3 aromatic heterocycles. The van der Waals surface area contributed by atoms with Crippen LogP contribution in [-0.4, -0.2) is 70.4 Å². The number of guanidine groups is 1. The standard InChI is InChI=1S/C21H31N9O/c1-22-21(24-9-8-23-19-16-13-28-29(2)20(16)27-15-26-19)25-14-17(18-7-6-12-31-18)30-10-4-3-5-11-30/h6-7,12-13,15,17H,3-5,8-11,14H2,1-2H3,(H2,22,24,25)(H,23,26,27). The van der Waals surface area contributed by atoms with Crippen LogP contribution < -0.4 is 16.0 Å². The maximum Gasteiger partial charge on any atom is 0.191 e. The first-order chi connectivity index (χ1) is 15.3. The number of nitrogens with zero attached hydrogens (tertiary/aromatic N) is 6. The molecule has 4 rings (SSSR count). The van der Waals surface area contributed by atoms with Gasteiger partial charge in [0, 0.05) is 33.7 Å². The first-order valence-electron chi connectivity index (χ1n) is 10.8. The van der Waals surface area contributed by atoms with Crippen LogP contribution in [0.25, 0.3) is 11.0 Å². The molecule has 0 bridgehead atoms. The van der Waals surface area contributed by atoms with Crippen LogP contribution in [0.15, 0.2) is 40.3 Å². The fourth-order valence-electron chi connectivity index (χ4n) is 4.00. The van der Waals surface area contributed by atoms with Gasteiger partial charge in [0.1, 0.15) is 17.9 Å². The van der Waals surface area contributed by atoms with E-state index in [4.69, 9.17) is 4.42 Å². The molecule has 0 saturated carbocycles. The van der Waals surface area contributed by atoms with Gasteiger partial charge in [-0.3, -0.25) is 14.6 Å². The van der Waals surface area contributed by atoms with E-state index in [1.165, 1.54) is 19.3 Å². The lowest BCUT2D eigenvalue weighted by atomic mass is 10.1. The van der Waals surface area contributed by atoms with Crippen LogP contribution in [0.1, 0.15) is 31.1 Å². The molecule has 4 heterocycles. The average Bonchev–Trinajstić information content (AvgIpc) is 3.47. The number of hydrogen-bond acceptors (Lipinski definition) is 7. The molecular formula is C21H31N9O. The van der Waals surface area contributed by atoms with Crippen LogP contribution in [-0.2, 0) is 7.05 Å². The SMILES string of the molecule is CN=C(NCCNc1ncnc2c1cnn2C)NCC(c1ccco1)N1CCCCC1. The van der Waals surface area contributed by atoms with Crippen LogP contribution in [0.3, 0.4) is 0 Å². The number of aryl methyl sites for hydroxylation is 1. The number of hydrogen-bond donors (Lipinski definition) is 3. The molecule has 1 saturated heterocycles. The van der Waals surface area contributed by atoms with E-state index in [1.54, 1.807) is 30.5 Å². The molecule has 1 fully saturated rings. The lowest BCUT2D eigenvalue weighted by Gasteiger charge is -2.33. The number of anilines is 1. The van der Waals surface area contributed by atoms with Gasteiger partial charge in [0.05, 0.1) is 23.9 Å². The third-order valence-corrected chi connectivity index (χ3v) is 5.63. The van der Waals surface area contributed by atoms with Crippen molar-refractivity contribution in [3.05, 3.63) is 36.7 Å². The van der Waals surface area contributed by atoms with Crippen molar-refractivity contribution in [2.45, 2.75) is 25.3 Å². The number of aliphatic imine (C=N–C) groups is 1. The van der Waals surface area contributed by atoms with E-state index in [0.717, 1.165) is 48.2 Å². The highest BCUT2D eigenvalue weighted by Crippen LogP contribution is 2.24. The highest BCUT2D eigenvalue weighted by atomic mass is 16.3. The minimum Gasteiger partial charge on any atom is -0.468 e. The van der Waals surface area contributed by atoms with Crippen LogP contribution >= 0.6 is 0 Å². The Balaban J connectivity index is 1.28. The summed E-state index contributed by atoms with van der Waals surface area (Å²) in [7, 11) is 3.66. The molecule has 1 aliphatic heterocycles. The summed E-state index contributed by atoms with van der Waals surface area (Å²) in [6, 6.07) is 4.21. The molecule has 0 aromatic carbocycles. The van der Waals surface area contributed by atoms with Crippen molar-refractivity contribution in [1.82, 2.24) is 35.3 Å². The second kappa shape index (κ2) is 10.3. The first kappa shape index (κ1) is 21.1. The molecule has 1 aliphatic rings. The Bertz CT molecular complexity index is 976. The molecule has 166 valence electrons. The van der Waals surface area contributed by atoms with Crippen molar-refractivity contribution in [3.63, 3.8) is 0 Å². The molecule has 0 aliphatic carbocycles. The number of nitrogens with one attached hydrogen (secondary N) is 3. The normalized spacial score (nSPS) is 16.4. The molecular weight excluding hydrogens is 394 g/mol. The van der Waals surface area contributed by atoms with Gasteiger partial charge in [-0.2, -0.15) is 5.10 Å². The number of aromatic nitrogens is 4. The maximum atomic E-state index is 5.73. The van der Waals surface area contributed by atoms with Crippen molar-refractivity contribution in [3.8, 4) is 0 Å². The summed E-state index contributed by atoms with van der Waals surface area (Å²) in [5.41, 5.74) is 0.810. The minimum absolute atomic E-state index is 0.201. The van der Waals surface area contributed by atoms with Gasteiger partial charge < -0.3 is 20.4 Å². The Hall–Kier alpha value is -3.14. The second-order valence-corrected chi connectivity index (χ2v) is 7.66. The summed E-state index contributed by atoms with van der Waals surface area (Å²) in [6.07, 6.45) is 8.86. The van der Waals surface area contributed by atoms with Gasteiger partial charge in [-0.05, 0) is 38.1 Å². The van der Waals surface area contributed by atoms with Crippen molar-refractivity contribution in [2.24, 2.45) is 12.0 Å². The van der Waals surface area contributed by atoms with E-state index in [1.807, 2.05) is 13.1 Å². The largest absolute Gasteiger partial charge is 0.468 e.